The van der Waals surface area contributed by atoms with Gasteiger partial charge in [0.15, 0.2) is 11.6 Å². The van der Waals surface area contributed by atoms with E-state index in [1.165, 1.54) is 11.1 Å². The number of nitrogens with zero attached hydrogens (tertiary/aromatic N) is 3. The molecule has 0 N–H and O–H groups in total. The zero-order valence-electron chi connectivity index (χ0n) is 12.6. The molecule has 4 nitrogen and oxygen atoms in total. The van der Waals surface area contributed by atoms with E-state index < -0.39 is 0 Å². The summed E-state index contributed by atoms with van der Waals surface area (Å²) in [5.41, 5.74) is 2.64. The lowest BCUT2D eigenvalue weighted by Gasteiger charge is -2.13. The lowest BCUT2D eigenvalue weighted by atomic mass is 10.0. The number of rotatable bonds is 7. The number of carbonyl (C=O) groups is 1. The highest BCUT2D eigenvalue weighted by molar-refractivity contribution is 5.92. The summed E-state index contributed by atoms with van der Waals surface area (Å²) in [7, 11) is 4.13. The van der Waals surface area contributed by atoms with Gasteiger partial charge in [-0.3, -0.25) is 4.79 Å². The maximum atomic E-state index is 12.0. The van der Waals surface area contributed by atoms with E-state index in [0.29, 0.717) is 12.2 Å². The molecule has 0 saturated heterocycles. The molecular weight excluding hydrogens is 262 g/mol. The quantitative estimate of drug-likeness (QED) is 0.733. The first kappa shape index (κ1) is 15.3. The van der Waals surface area contributed by atoms with E-state index in [4.69, 9.17) is 0 Å². The molecule has 0 fully saturated rings. The topological polar surface area (TPSA) is 46.1 Å². The lowest BCUT2D eigenvalue weighted by Crippen LogP contribution is -2.12. The summed E-state index contributed by atoms with van der Waals surface area (Å²) in [5, 5.41) is 0. The predicted octanol–water partition coefficient (Wildman–Crippen LogP) is 2.74. The molecule has 0 spiro atoms. The average molecular weight is 283 g/mol. The van der Waals surface area contributed by atoms with Crippen LogP contribution in [0.4, 0.5) is 0 Å². The van der Waals surface area contributed by atoms with Crippen LogP contribution in [-0.4, -0.2) is 34.7 Å². The molecule has 0 saturated carbocycles. The number of benzene rings is 1. The number of aryl methyl sites for hydroxylation is 1. The third-order valence-electron chi connectivity index (χ3n) is 3.27. The zero-order chi connectivity index (χ0) is 15.1. The summed E-state index contributed by atoms with van der Waals surface area (Å²) in [6.07, 6.45) is 5.42. The summed E-state index contributed by atoms with van der Waals surface area (Å²) < 4.78 is 0. The van der Waals surface area contributed by atoms with Crippen molar-refractivity contribution in [2.24, 2.45) is 0 Å². The van der Waals surface area contributed by atoms with Crippen molar-refractivity contribution in [2.75, 3.05) is 14.1 Å². The van der Waals surface area contributed by atoms with Crippen LogP contribution in [0.5, 0.6) is 0 Å². The first-order valence-electron chi connectivity index (χ1n) is 7.18. The maximum absolute atomic E-state index is 12.0. The van der Waals surface area contributed by atoms with E-state index in [2.05, 4.69) is 53.2 Å². The highest BCUT2D eigenvalue weighted by atomic mass is 16.1. The van der Waals surface area contributed by atoms with E-state index in [1.807, 2.05) is 0 Å². The molecule has 110 valence electrons. The molecule has 1 aromatic carbocycles. The van der Waals surface area contributed by atoms with Crippen molar-refractivity contribution < 1.29 is 4.79 Å². The number of Topliss-reactive ketones (excluding diaryl/α,β-unsaturated/α-hetero) is 1. The first-order valence-corrected chi connectivity index (χ1v) is 7.18. The monoisotopic (exact) mass is 283 g/mol. The fourth-order valence-electron chi connectivity index (χ4n) is 2.29. The van der Waals surface area contributed by atoms with Gasteiger partial charge in [0.25, 0.3) is 0 Å². The van der Waals surface area contributed by atoms with E-state index in [9.17, 15) is 4.79 Å². The highest BCUT2D eigenvalue weighted by Crippen LogP contribution is 2.14. The minimum Gasteiger partial charge on any atom is -0.305 e. The third kappa shape index (κ3) is 4.76. The number of hydrogen-bond donors (Lipinski definition) is 0. The standard InChI is InChI=1S/C17H21N3O/c1-20(2)13-15-8-4-3-7-14(15)9-5-10-16(21)17-18-11-6-12-19-17/h3-4,6-8,11-12H,5,9-10,13H2,1-2H3. The van der Waals surface area contributed by atoms with E-state index in [0.717, 1.165) is 19.4 Å². The van der Waals surface area contributed by atoms with Gasteiger partial charge in [-0.25, -0.2) is 9.97 Å². The minimum atomic E-state index is 0.0145. The van der Waals surface area contributed by atoms with Crippen molar-refractivity contribution >= 4 is 5.78 Å². The number of carbonyl (C=O) groups excluding carboxylic acids is 1. The van der Waals surface area contributed by atoms with Crippen molar-refractivity contribution in [3.63, 3.8) is 0 Å². The molecule has 0 atom stereocenters. The van der Waals surface area contributed by atoms with Gasteiger partial charge in [0.2, 0.25) is 0 Å². The Hall–Kier alpha value is -2.07. The van der Waals surface area contributed by atoms with E-state index in [-0.39, 0.29) is 5.78 Å². The highest BCUT2D eigenvalue weighted by Gasteiger charge is 2.09. The average Bonchev–Trinajstić information content (AvgIpc) is 2.49. The van der Waals surface area contributed by atoms with Gasteiger partial charge in [0.1, 0.15) is 0 Å². The number of aromatic nitrogens is 2. The molecule has 1 aromatic heterocycles. The Labute approximate surface area is 125 Å². The molecule has 2 rings (SSSR count). The molecule has 0 aliphatic rings. The molecular formula is C17H21N3O. The van der Waals surface area contributed by atoms with E-state index >= 15 is 0 Å². The fraction of sp³-hybridized carbons (Fsp3) is 0.353. The Morgan fingerprint density at radius 3 is 2.38 bits per heavy atom. The van der Waals surface area contributed by atoms with Crippen molar-refractivity contribution in [3.05, 3.63) is 59.7 Å². The van der Waals surface area contributed by atoms with Gasteiger partial charge in [0.05, 0.1) is 0 Å². The third-order valence-corrected chi connectivity index (χ3v) is 3.27. The Bertz CT molecular complexity index is 582. The van der Waals surface area contributed by atoms with E-state index in [1.54, 1.807) is 18.5 Å². The van der Waals surface area contributed by atoms with Gasteiger partial charge in [0, 0.05) is 25.4 Å². The van der Waals surface area contributed by atoms with Crippen molar-refractivity contribution in [1.82, 2.24) is 14.9 Å². The normalized spacial score (nSPS) is 10.8. The van der Waals surface area contributed by atoms with Gasteiger partial charge >= 0.3 is 0 Å². The molecule has 0 aliphatic carbocycles. The van der Waals surface area contributed by atoms with Gasteiger partial charge < -0.3 is 4.90 Å². The predicted molar refractivity (Wildman–Crippen MR) is 83.1 cm³/mol. The van der Waals surface area contributed by atoms with Gasteiger partial charge in [-0.05, 0) is 44.1 Å². The molecule has 0 amide bonds. The van der Waals surface area contributed by atoms with Crippen molar-refractivity contribution in [1.29, 1.82) is 0 Å². The van der Waals surface area contributed by atoms with Crippen molar-refractivity contribution in [3.8, 4) is 0 Å². The zero-order valence-corrected chi connectivity index (χ0v) is 12.6. The molecule has 1 heterocycles. The Kier molecular flexibility index (Phi) is 5.58. The molecule has 0 unspecified atom stereocenters. The van der Waals surface area contributed by atoms with Crippen LogP contribution in [0.2, 0.25) is 0 Å². The summed E-state index contributed by atoms with van der Waals surface area (Å²) in [6.45, 7) is 0.923. The molecule has 4 heteroatoms. The molecule has 0 bridgehead atoms. The molecule has 0 aliphatic heterocycles. The lowest BCUT2D eigenvalue weighted by molar-refractivity contribution is 0.0970. The number of ketones is 1. The Morgan fingerprint density at radius 2 is 1.71 bits per heavy atom. The Balaban J connectivity index is 1.90. The Morgan fingerprint density at radius 1 is 1.05 bits per heavy atom. The van der Waals surface area contributed by atoms with Gasteiger partial charge in [-0.1, -0.05) is 24.3 Å². The molecule has 2 aromatic rings. The minimum absolute atomic E-state index is 0.0145. The molecule has 21 heavy (non-hydrogen) atoms. The second-order valence-electron chi connectivity index (χ2n) is 5.36. The van der Waals surface area contributed by atoms with Crippen LogP contribution in [0.25, 0.3) is 0 Å². The second-order valence-corrected chi connectivity index (χ2v) is 5.36. The largest absolute Gasteiger partial charge is 0.305 e. The van der Waals surface area contributed by atoms with Crippen LogP contribution in [0.15, 0.2) is 42.7 Å². The summed E-state index contributed by atoms with van der Waals surface area (Å²) in [6, 6.07) is 10.1. The van der Waals surface area contributed by atoms with Crippen molar-refractivity contribution in [2.45, 2.75) is 25.8 Å². The van der Waals surface area contributed by atoms with Crippen LogP contribution in [-0.2, 0) is 13.0 Å². The number of hydrogen-bond acceptors (Lipinski definition) is 4. The van der Waals surface area contributed by atoms with Crippen LogP contribution >= 0.6 is 0 Å². The fourth-order valence-corrected chi connectivity index (χ4v) is 2.29. The van der Waals surface area contributed by atoms with Crippen LogP contribution in [0.3, 0.4) is 0 Å². The van der Waals surface area contributed by atoms with Crippen LogP contribution in [0.1, 0.15) is 34.6 Å². The smallest absolute Gasteiger partial charge is 0.200 e. The second kappa shape index (κ2) is 7.64. The van der Waals surface area contributed by atoms with Gasteiger partial charge in [-0.15, -0.1) is 0 Å². The first-order chi connectivity index (χ1) is 10.2. The van der Waals surface area contributed by atoms with Gasteiger partial charge in [-0.2, -0.15) is 0 Å². The van der Waals surface area contributed by atoms with Crippen LogP contribution in [0, 0.1) is 0 Å². The SMILES string of the molecule is CN(C)Cc1ccccc1CCCC(=O)c1ncccn1. The summed E-state index contributed by atoms with van der Waals surface area (Å²) in [5.74, 6) is 0.333. The maximum Gasteiger partial charge on any atom is 0.200 e. The summed E-state index contributed by atoms with van der Waals surface area (Å²) in [4.78, 5) is 22.1. The van der Waals surface area contributed by atoms with Crippen LogP contribution < -0.4 is 0 Å². The summed E-state index contributed by atoms with van der Waals surface area (Å²) >= 11 is 0. The molecule has 0 radical (unpaired) electrons.